The Bertz CT molecular complexity index is 869. The van der Waals surface area contributed by atoms with Crippen molar-refractivity contribution in [2.24, 2.45) is 5.92 Å². The number of hydrogen-bond acceptors (Lipinski definition) is 3. The first-order chi connectivity index (χ1) is 12.2. The fourth-order valence-electron chi connectivity index (χ4n) is 3.17. The zero-order chi connectivity index (χ0) is 17.4. The van der Waals surface area contributed by atoms with E-state index in [0.717, 1.165) is 41.4 Å². The smallest absolute Gasteiger partial charge is 0.237 e. The number of rotatable bonds is 4. The van der Waals surface area contributed by atoms with Gasteiger partial charge < -0.3 is 15.2 Å². The van der Waals surface area contributed by atoms with E-state index < -0.39 is 0 Å². The van der Waals surface area contributed by atoms with Crippen LogP contribution in [0.4, 0.5) is 5.82 Å². The molecular formula is C18H19ClN4O2. The van der Waals surface area contributed by atoms with Crippen molar-refractivity contribution in [2.45, 2.75) is 19.3 Å². The maximum Gasteiger partial charge on any atom is 0.237 e. The Morgan fingerprint density at radius 1 is 1.40 bits per heavy atom. The Kier molecular flexibility index (Phi) is 4.21. The second-order valence-electron chi connectivity index (χ2n) is 6.51. The first-order valence-corrected chi connectivity index (χ1v) is 9.01. The highest BCUT2D eigenvalue weighted by atomic mass is 35.5. The lowest BCUT2D eigenvalue weighted by Gasteiger charge is -2.26. The molecule has 130 valence electrons. The van der Waals surface area contributed by atoms with Crippen LogP contribution in [0.5, 0.6) is 0 Å². The molecule has 2 N–H and O–H groups in total. The lowest BCUT2D eigenvalue weighted by Crippen LogP contribution is -2.35. The lowest BCUT2D eigenvalue weighted by molar-refractivity contribution is -0.128. The molecule has 25 heavy (non-hydrogen) atoms. The van der Waals surface area contributed by atoms with E-state index in [1.807, 2.05) is 18.3 Å². The number of nitrogens with one attached hydrogen (secondary N) is 2. The van der Waals surface area contributed by atoms with Gasteiger partial charge >= 0.3 is 0 Å². The molecule has 1 aliphatic carbocycles. The standard InChI is InChI=1S/C18H19ClN4O2/c19-10-16(24)23-7-4-11(5-8-23)14-9-15(22-18(25)12-1-2-12)21-17-13(14)3-6-20-17/h3-4,6,9,12H,1-2,5,7-8,10H2,(H2,20,21,22,25). The average Bonchev–Trinajstić information content (AvgIpc) is 3.39. The molecule has 1 fully saturated rings. The first kappa shape index (κ1) is 16.1. The summed E-state index contributed by atoms with van der Waals surface area (Å²) in [4.78, 5) is 33.2. The van der Waals surface area contributed by atoms with Crippen LogP contribution in [0.25, 0.3) is 16.6 Å². The van der Waals surface area contributed by atoms with E-state index in [2.05, 4.69) is 21.4 Å². The fraction of sp³-hybridized carbons (Fsp3) is 0.389. The summed E-state index contributed by atoms with van der Waals surface area (Å²) in [6, 6.07) is 3.92. The van der Waals surface area contributed by atoms with Gasteiger partial charge in [-0.15, -0.1) is 11.6 Å². The van der Waals surface area contributed by atoms with Crippen molar-refractivity contribution >= 4 is 45.8 Å². The summed E-state index contributed by atoms with van der Waals surface area (Å²) >= 11 is 5.64. The molecule has 3 heterocycles. The molecule has 4 rings (SSSR count). The number of amides is 2. The van der Waals surface area contributed by atoms with Crippen LogP contribution in [-0.2, 0) is 9.59 Å². The number of anilines is 1. The van der Waals surface area contributed by atoms with E-state index >= 15 is 0 Å². The second kappa shape index (κ2) is 6.52. The van der Waals surface area contributed by atoms with E-state index in [-0.39, 0.29) is 23.6 Å². The van der Waals surface area contributed by atoms with E-state index in [4.69, 9.17) is 11.6 Å². The van der Waals surface area contributed by atoms with Gasteiger partial charge in [-0.2, -0.15) is 0 Å². The Morgan fingerprint density at radius 2 is 2.24 bits per heavy atom. The first-order valence-electron chi connectivity index (χ1n) is 8.48. The maximum absolute atomic E-state index is 12.1. The molecule has 0 radical (unpaired) electrons. The summed E-state index contributed by atoms with van der Waals surface area (Å²) in [5, 5.41) is 3.94. The topological polar surface area (TPSA) is 78.1 Å². The summed E-state index contributed by atoms with van der Waals surface area (Å²) in [6.07, 6.45) is 6.57. The quantitative estimate of drug-likeness (QED) is 0.825. The molecule has 2 aromatic rings. The van der Waals surface area contributed by atoms with Crippen LogP contribution in [0.2, 0.25) is 0 Å². The maximum atomic E-state index is 12.1. The monoisotopic (exact) mass is 358 g/mol. The van der Waals surface area contributed by atoms with Crippen LogP contribution in [0.3, 0.4) is 0 Å². The summed E-state index contributed by atoms with van der Waals surface area (Å²) < 4.78 is 0. The molecule has 0 aromatic carbocycles. The summed E-state index contributed by atoms with van der Waals surface area (Å²) in [7, 11) is 0. The number of H-pyrrole nitrogens is 1. The van der Waals surface area contributed by atoms with Crippen LogP contribution >= 0.6 is 11.6 Å². The minimum atomic E-state index is -0.0455. The highest BCUT2D eigenvalue weighted by Gasteiger charge is 2.30. The number of nitrogens with zero attached hydrogens (tertiary/aromatic N) is 2. The molecule has 0 spiro atoms. The Morgan fingerprint density at radius 3 is 2.92 bits per heavy atom. The lowest BCUT2D eigenvalue weighted by atomic mass is 9.97. The van der Waals surface area contributed by atoms with E-state index in [9.17, 15) is 9.59 Å². The van der Waals surface area contributed by atoms with Crippen molar-refractivity contribution in [3.05, 3.63) is 30.0 Å². The highest BCUT2D eigenvalue weighted by molar-refractivity contribution is 6.27. The van der Waals surface area contributed by atoms with Gasteiger partial charge in [0.15, 0.2) is 0 Å². The van der Waals surface area contributed by atoms with Gasteiger partial charge in [-0.3, -0.25) is 9.59 Å². The predicted molar refractivity (Wildman–Crippen MR) is 97.3 cm³/mol. The number of alkyl halides is 1. The molecule has 2 amide bonds. The molecule has 0 unspecified atom stereocenters. The molecular weight excluding hydrogens is 340 g/mol. The van der Waals surface area contributed by atoms with Crippen molar-refractivity contribution in [1.29, 1.82) is 0 Å². The van der Waals surface area contributed by atoms with Crippen molar-refractivity contribution in [3.8, 4) is 0 Å². The molecule has 0 saturated heterocycles. The van der Waals surface area contributed by atoms with Gasteiger partial charge in [0.1, 0.15) is 17.3 Å². The molecule has 1 saturated carbocycles. The third kappa shape index (κ3) is 3.26. The zero-order valence-electron chi connectivity index (χ0n) is 13.7. The van der Waals surface area contributed by atoms with Crippen LogP contribution in [-0.4, -0.2) is 45.7 Å². The van der Waals surface area contributed by atoms with Gasteiger partial charge in [-0.05, 0) is 42.5 Å². The molecule has 7 heteroatoms. The minimum Gasteiger partial charge on any atom is -0.346 e. The van der Waals surface area contributed by atoms with Crippen molar-refractivity contribution in [3.63, 3.8) is 0 Å². The minimum absolute atomic E-state index is 0.0117. The van der Waals surface area contributed by atoms with Gasteiger partial charge in [0.2, 0.25) is 11.8 Å². The van der Waals surface area contributed by atoms with E-state index in [1.54, 1.807) is 4.90 Å². The predicted octanol–water partition coefficient (Wildman–Crippen LogP) is 2.77. The van der Waals surface area contributed by atoms with Gasteiger partial charge in [-0.25, -0.2) is 4.98 Å². The number of aromatic amines is 1. The number of carbonyl (C=O) groups is 2. The summed E-state index contributed by atoms with van der Waals surface area (Å²) in [5.74, 6) is 0.713. The van der Waals surface area contributed by atoms with Crippen LogP contribution in [0.15, 0.2) is 24.4 Å². The van der Waals surface area contributed by atoms with Crippen molar-refractivity contribution in [2.75, 3.05) is 24.3 Å². The van der Waals surface area contributed by atoms with E-state index in [0.29, 0.717) is 18.9 Å². The van der Waals surface area contributed by atoms with Crippen LogP contribution in [0, 0.1) is 5.92 Å². The number of aromatic nitrogens is 2. The van der Waals surface area contributed by atoms with Crippen molar-refractivity contribution in [1.82, 2.24) is 14.9 Å². The van der Waals surface area contributed by atoms with Gasteiger partial charge in [0, 0.05) is 30.6 Å². The highest BCUT2D eigenvalue weighted by Crippen LogP contribution is 2.33. The normalized spacial score (nSPS) is 17.5. The second-order valence-corrected chi connectivity index (χ2v) is 6.78. The molecule has 6 nitrogen and oxygen atoms in total. The van der Waals surface area contributed by atoms with Crippen molar-refractivity contribution < 1.29 is 9.59 Å². The zero-order valence-corrected chi connectivity index (χ0v) is 14.5. The van der Waals surface area contributed by atoms with Gasteiger partial charge in [0.25, 0.3) is 0 Å². The third-order valence-corrected chi connectivity index (χ3v) is 4.98. The van der Waals surface area contributed by atoms with Crippen LogP contribution < -0.4 is 5.32 Å². The number of fused-ring (bicyclic) bond motifs is 1. The number of hydrogen-bond donors (Lipinski definition) is 2. The molecule has 1 aliphatic heterocycles. The molecule has 2 aliphatic rings. The fourth-order valence-corrected chi connectivity index (χ4v) is 3.34. The Labute approximate surface area is 150 Å². The third-order valence-electron chi connectivity index (χ3n) is 4.75. The molecule has 2 aromatic heterocycles. The Balaban J connectivity index is 1.64. The summed E-state index contributed by atoms with van der Waals surface area (Å²) in [6.45, 7) is 1.20. The number of halogens is 1. The molecule has 0 atom stereocenters. The van der Waals surface area contributed by atoms with Crippen LogP contribution in [0.1, 0.15) is 24.8 Å². The Hall–Kier alpha value is -2.34. The summed E-state index contributed by atoms with van der Waals surface area (Å²) in [5.41, 5.74) is 2.96. The molecule has 0 bridgehead atoms. The van der Waals surface area contributed by atoms with Gasteiger partial charge in [-0.1, -0.05) is 6.08 Å². The SMILES string of the molecule is O=C(Nc1cc(C2=CCN(C(=O)CCl)CC2)c2cc[nH]c2n1)C1CC1. The van der Waals surface area contributed by atoms with Gasteiger partial charge in [0.05, 0.1) is 0 Å². The largest absolute Gasteiger partial charge is 0.346 e. The van der Waals surface area contributed by atoms with E-state index in [1.165, 1.54) is 0 Å². The number of pyridine rings is 1. The number of carbonyl (C=O) groups excluding carboxylic acids is 2. The average molecular weight is 359 g/mol.